The predicted octanol–water partition coefficient (Wildman–Crippen LogP) is 2.34. The van der Waals surface area contributed by atoms with E-state index in [1.165, 1.54) is 19.8 Å². The van der Waals surface area contributed by atoms with Gasteiger partial charge >= 0.3 is 11.9 Å². The Hall–Kier alpha value is -1.93. The molecule has 0 aromatic heterocycles. The highest BCUT2D eigenvalue weighted by Gasteiger charge is 2.38. The number of esters is 2. The summed E-state index contributed by atoms with van der Waals surface area (Å²) >= 11 is 3.46. The molecule has 2 aliphatic rings. The fourth-order valence-corrected chi connectivity index (χ4v) is 5.66. The Balaban J connectivity index is 1.93. The van der Waals surface area contributed by atoms with Crippen molar-refractivity contribution < 1.29 is 19.1 Å². The normalized spacial score (nSPS) is 22.9. The van der Waals surface area contributed by atoms with E-state index in [1.807, 2.05) is 18.2 Å². The van der Waals surface area contributed by atoms with Gasteiger partial charge in [-0.1, -0.05) is 30.3 Å². The van der Waals surface area contributed by atoms with Crippen molar-refractivity contribution in [1.82, 2.24) is 5.43 Å². The quantitative estimate of drug-likeness (QED) is 0.809. The van der Waals surface area contributed by atoms with Gasteiger partial charge in [-0.15, -0.1) is 23.5 Å². The summed E-state index contributed by atoms with van der Waals surface area (Å²) < 4.78 is 9.92. The fourth-order valence-electron chi connectivity index (χ4n) is 2.73. The molecule has 0 bridgehead atoms. The third kappa shape index (κ3) is 3.69. The lowest BCUT2D eigenvalue weighted by atomic mass is 9.93. The number of nitrogens with one attached hydrogen (secondary N) is 1. The standard InChI is InChI=1S/C17H18N2O4S2/c1-22-15(20)13-11-8-24-17(10-6-4-3-5-7-10)25-9-12(11)14(19-18-13)16(21)23-2/h3-7,11,17,19H,8-9H2,1-2H3. The molecule has 132 valence electrons. The van der Waals surface area contributed by atoms with Crippen LogP contribution in [0.5, 0.6) is 0 Å². The van der Waals surface area contributed by atoms with Crippen molar-refractivity contribution in [2.75, 3.05) is 25.7 Å². The number of carbonyl (C=O) groups is 2. The van der Waals surface area contributed by atoms with Crippen molar-refractivity contribution >= 4 is 41.2 Å². The first kappa shape index (κ1) is 17.9. The van der Waals surface area contributed by atoms with Gasteiger partial charge in [-0.05, 0) is 11.1 Å². The van der Waals surface area contributed by atoms with Gasteiger partial charge in [-0.3, -0.25) is 5.43 Å². The molecular formula is C17H18N2O4S2. The lowest BCUT2D eigenvalue weighted by Crippen LogP contribution is -2.38. The Bertz CT molecular complexity index is 733. The highest BCUT2D eigenvalue weighted by atomic mass is 32.2. The van der Waals surface area contributed by atoms with Crippen molar-refractivity contribution in [3.8, 4) is 0 Å². The van der Waals surface area contributed by atoms with E-state index in [9.17, 15) is 9.59 Å². The van der Waals surface area contributed by atoms with Gasteiger partial charge < -0.3 is 9.47 Å². The summed E-state index contributed by atoms with van der Waals surface area (Å²) in [6.45, 7) is 0. The summed E-state index contributed by atoms with van der Waals surface area (Å²) in [4.78, 5) is 24.2. The zero-order valence-corrected chi connectivity index (χ0v) is 15.5. The number of nitrogens with zero attached hydrogens (tertiary/aromatic N) is 1. The van der Waals surface area contributed by atoms with Gasteiger partial charge in [0, 0.05) is 17.4 Å². The van der Waals surface area contributed by atoms with Gasteiger partial charge in [0.1, 0.15) is 5.70 Å². The molecule has 1 aromatic rings. The minimum Gasteiger partial charge on any atom is -0.464 e. The van der Waals surface area contributed by atoms with Crippen LogP contribution < -0.4 is 5.43 Å². The molecule has 2 unspecified atom stereocenters. The van der Waals surface area contributed by atoms with E-state index >= 15 is 0 Å². The van der Waals surface area contributed by atoms with Crippen molar-refractivity contribution in [3.63, 3.8) is 0 Å². The fraction of sp³-hybridized carbons (Fsp3) is 0.353. The SMILES string of the molecule is COC(=O)C1=NNC(C(=O)OC)=C2CSC(c3ccccc3)SCC12. The highest BCUT2D eigenvalue weighted by Crippen LogP contribution is 2.46. The molecule has 0 spiro atoms. The van der Waals surface area contributed by atoms with E-state index in [0.29, 0.717) is 22.9 Å². The van der Waals surface area contributed by atoms with Crippen LogP contribution in [-0.2, 0) is 19.1 Å². The number of benzene rings is 1. The number of rotatable bonds is 3. The van der Waals surface area contributed by atoms with Gasteiger partial charge in [-0.25, -0.2) is 9.59 Å². The van der Waals surface area contributed by atoms with Crippen molar-refractivity contribution in [3.05, 3.63) is 47.2 Å². The lowest BCUT2D eigenvalue weighted by Gasteiger charge is -2.24. The number of ether oxygens (including phenoxy) is 2. The van der Waals surface area contributed by atoms with Gasteiger partial charge in [0.05, 0.1) is 18.8 Å². The molecule has 1 fully saturated rings. The maximum Gasteiger partial charge on any atom is 0.356 e. The maximum atomic E-state index is 12.1. The first-order chi connectivity index (χ1) is 12.2. The van der Waals surface area contributed by atoms with Crippen molar-refractivity contribution in [2.24, 2.45) is 11.0 Å². The van der Waals surface area contributed by atoms with E-state index in [0.717, 1.165) is 5.57 Å². The highest BCUT2D eigenvalue weighted by molar-refractivity contribution is 8.16. The van der Waals surface area contributed by atoms with Gasteiger partial charge in [0.2, 0.25) is 0 Å². The van der Waals surface area contributed by atoms with Crippen LogP contribution in [0.1, 0.15) is 10.1 Å². The van der Waals surface area contributed by atoms with Crippen LogP contribution in [-0.4, -0.2) is 43.4 Å². The van der Waals surface area contributed by atoms with E-state index in [-0.39, 0.29) is 10.5 Å². The van der Waals surface area contributed by atoms with Crippen LogP contribution in [0.15, 0.2) is 46.7 Å². The average molecular weight is 378 g/mol. The second kappa shape index (κ2) is 7.97. The Kier molecular flexibility index (Phi) is 5.70. The predicted molar refractivity (Wildman–Crippen MR) is 99.2 cm³/mol. The monoisotopic (exact) mass is 378 g/mol. The minimum absolute atomic E-state index is 0.220. The van der Waals surface area contributed by atoms with Crippen LogP contribution in [0, 0.1) is 5.92 Å². The van der Waals surface area contributed by atoms with E-state index in [1.54, 1.807) is 23.5 Å². The number of fused-ring (bicyclic) bond motifs is 1. The third-order valence-corrected chi connectivity index (χ3v) is 6.99. The first-order valence-electron chi connectivity index (χ1n) is 7.67. The Morgan fingerprint density at radius 1 is 1.12 bits per heavy atom. The number of carbonyl (C=O) groups excluding carboxylic acids is 2. The number of hydrogen-bond acceptors (Lipinski definition) is 8. The van der Waals surface area contributed by atoms with Gasteiger partial charge in [0.25, 0.3) is 0 Å². The zero-order valence-electron chi connectivity index (χ0n) is 13.9. The number of hydrogen-bond donors (Lipinski definition) is 1. The van der Waals surface area contributed by atoms with Crippen LogP contribution >= 0.6 is 23.5 Å². The van der Waals surface area contributed by atoms with Crippen LogP contribution in [0.2, 0.25) is 0 Å². The summed E-state index contributed by atoms with van der Waals surface area (Å²) in [5, 5.41) is 4.09. The number of methoxy groups -OCH3 is 2. The largest absolute Gasteiger partial charge is 0.464 e. The third-order valence-electron chi connectivity index (χ3n) is 4.02. The lowest BCUT2D eigenvalue weighted by molar-refractivity contribution is -0.137. The summed E-state index contributed by atoms with van der Waals surface area (Å²) in [7, 11) is 2.66. The van der Waals surface area contributed by atoms with Crippen LogP contribution in [0.4, 0.5) is 0 Å². The summed E-state index contributed by atoms with van der Waals surface area (Å²) in [6, 6.07) is 10.2. The molecule has 0 radical (unpaired) electrons. The van der Waals surface area contributed by atoms with Crippen LogP contribution in [0.3, 0.4) is 0 Å². The van der Waals surface area contributed by atoms with Crippen molar-refractivity contribution in [2.45, 2.75) is 4.58 Å². The molecule has 3 rings (SSSR count). The molecule has 1 N–H and O–H groups in total. The number of thioether (sulfide) groups is 2. The smallest absolute Gasteiger partial charge is 0.356 e. The minimum atomic E-state index is -0.484. The molecule has 2 atom stereocenters. The summed E-state index contributed by atoms with van der Waals surface area (Å²) in [5.74, 6) is 0.0102. The Labute approximate surface area is 154 Å². The second-order valence-corrected chi connectivity index (χ2v) is 7.96. The Morgan fingerprint density at radius 3 is 2.52 bits per heavy atom. The molecule has 6 nitrogen and oxygen atoms in total. The Morgan fingerprint density at radius 2 is 1.84 bits per heavy atom. The van der Waals surface area contributed by atoms with E-state index in [2.05, 4.69) is 22.7 Å². The maximum absolute atomic E-state index is 12.1. The van der Waals surface area contributed by atoms with Crippen molar-refractivity contribution in [1.29, 1.82) is 0 Å². The van der Waals surface area contributed by atoms with E-state index in [4.69, 9.17) is 9.47 Å². The zero-order chi connectivity index (χ0) is 17.8. The molecule has 0 amide bonds. The topological polar surface area (TPSA) is 77.0 Å². The number of hydrazone groups is 1. The van der Waals surface area contributed by atoms with Gasteiger partial charge in [-0.2, -0.15) is 5.10 Å². The molecule has 0 aliphatic carbocycles. The molecule has 0 saturated carbocycles. The molecule has 8 heteroatoms. The molecule has 25 heavy (non-hydrogen) atoms. The van der Waals surface area contributed by atoms with Gasteiger partial charge in [0.15, 0.2) is 5.71 Å². The molecule has 1 saturated heterocycles. The van der Waals surface area contributed by atoms with E-state index < -0.39 is 11.9 Å². The molecule has 2 heterocycles. The van der Waals surface area contributed by atoms with Crippen LogP contribution in [0.25, 0.3) is 0 Å². The molecule has 2 aliphatic heterocycles. The average Bonchev–Trinajstić information content (AvgIpc) is 2.90. The molecular weight excluding hydrogens is 360 g/mol. The summed E-state index contributed by atoms with van der Waals surface area (Å²) in [5.41, 5.74) is 5.35. The summed E-state index contributed by atoms with van der Waals surface area (Å²) in [6.07, 6.45) is 0. The molecule has 1 aromatic carbocycles. The first-order valence-corrected chi connectivity index (χ1v) is 9.76. The second-order valence-electron chi connectivity index (χ2n) is 5.43.